The number of rotatable bonds is 4. The highest BCUT2D eigenvalue weighted by molar-refractivity contribution is 5.94. The Morgan fingerprint density at radius 1 is 1.17 bits per heavy atom. The summed E-state index contributed by atoms with van der Waals surface area (Å²) in [5.41, 5.74) is 0.290. The molecule has 4 heteroatoms. The van der Waals surface area contributed by atoms with Gasteiger partial charge in [0, 0.05) is 18.7 Å². The van der Waals surface area contributed by atoms with Crippen molar-refractivity contribution in [2.24, 2.45) is 30.2 Å². The summed E-state index contributed by atoms with van der Waals surface area (Å²) < 4.78 is 7.24. The van der Waals surface area contributed by atoms with Gasteiger partial charge in [-0.15, -0.1) is 0 Å². The molecule has 4 saturated carbocycles. The molecule has 1 aromatic heterocycles. The zero-order valence-electron chi connectivity index (χ0n) is 14.0. The van der Waals surface area contributed by atoms with Gasteiger partial charge in [-0.3, -0.25) is 4.79 Å². The molecule has 0 spiro atoms. The average molecular weight is 315 g/mol. The monoisotopic (exact) mass is 315 g/mol. The molecule has 124 valence electrons. The minimum Gasteiger partial charge on any atom is -0.450 e. The number of Topliss-reactive ketones (excluding diaryl/α,β-unsaturated/α-hetero) is 1. The van der Waals surface area contributed by atoms with Crippen LogP contribution in [0.1, 0.15) is 55.9 Å². The van der Waals surface area contributed by atoms with Crippen LogP contribution in [-0.2, 0) is 16.6 Å². The Balaban J connectivity index is 1.48. The number of hydrogen-bond donors (Lipinski definition) is 0. The lowest BCUT2D eigenvalue weighted by atomic mass is 9.48. The van der Waals surface area contributed by atoms with Crippen molar-refractivity contribution in [2.45, 2.75) is 51.6 Å². The van der Waals surface area contributed by atoms with Gasteiger partial charge in [0.15, 0.2) is 11.9 Å². The van der Waals surface area contributed by atoms with Crippen molar-refractivity contribution in [1.29, 1.82) is 0 Å². The number of ketones is 1. The second-order valence-electron chi connectivity index (χ2n) is 8.11. The van der Waals surface area contributed by atoms with Crippen LogP contribution in [0.4, 0.5) is 0 Å². The van der Waals surface area contributed by atoms with Crippen molar-refractivity contribution in [3.63, 3.8) is 0 Å². The lowest BCUT2D eigenvalue weighted by Crippen LogP contribution is -2.52. The van der Waals surface area contributed by atoms with Crippen LogP contribution in [-0.4, -0.2) is 22.4 Å². The topological polar surface area (TPSA) is 48.3 Å². The van der Waals surface area contributed by atoms with E-state index in [1.807, 2.05) is 19.3 Å². The number of aryl methyl sites for hydroxylation is 1. The number of nitrogens with zero attached hydrogens (tertiary/aromatic N) is 1. The predicted octanol–water partition coefficient (Wildman–Crippen LogP) is 3.36. The maximum atomic E-state index is 13.1. The van der Waals surface area contributed by atoms with Crippen LogP contribution in [0, 0.1) is 23.2 Å². The van der Waals surface area contributed by atoms with E-state index in [0.717, 1.165) is 37.0 Å². The summed E-state index contributed by atoms with van der Waals surface area (Å²) in [6, 6.07) is 3.53. The number of ether oxygens (including phenoxy) is 1. The molecule has 4 aliphatic carbocycles. The van der Waals surface area contributed by atoms with Crippen molar-refractivity contribution in [2.75, 3.05) is 0 Å². The van der Waals surface area contributed by atoms with E-state index in [0.29, 0.717) is 5.69 Å². The van der Waals surface area contributed by atoms with Gasteiger partial charge >= 0.3 is 5.97 Å². The molecule has 1 heterocycles. The summed E-state index contributed by atoms with van der Waals surface area (Å²) in [7, 11) is 1.81. The van der Waals surface area contributed by atoms with Gasteiger partial charge in [0.05, 0.1) is 0 Å². The van der Waals surface area contributed by atoms with E-state index in [1.165, 1.54) is 19.3 Å². The van der Waals surface area contributed by atoms with Crippen molar-refractivity contribution in [3.05, 3.63) is 24.0 Å². The molecule has 5 rings (SSSR count). The first-order valence-corrected chi connectivity index (χ1v) is 8.83. The molecule has 0 N–H and O–H groups in total. The van der Waals surface area contributed by atoms with Crippen molar-refractivity contribution < 1.29 is 14.3 Å². The predicted molar refractivity (Wildman–Crippen MR) is 85.9 cm³/mol. The van der Waals surface area contributed by atoms with E-state index in [4.69, 9.17) is 4.74 Å². The Morgan fingerprint density at radius 3 is 2.22 bits per heavy atom. The number of hydrogen-bond acceptors (Lipinski definition) is 3. The zero-order chi connectivity index (χ0) is 16.2. The van der Waals surface area contributed by atoms with Crippen LogP contribution in [0.2, 0.25) is 0 Å². The highest BCUT2D eigenvalue weighted by Gasteiger charge is 2.55. The summed E-state index contributed by atoms with van der Waals surface area (Å²) in [5, 5.41) is 0. The molecule has 4 fully saturated rings. The van der Waals surface area contributed by atoms with Gasteiger partial charge in [0.2, 0.25) is 0 Å². The smallest absolute Gasteiger partial charge is 0.355 e. The quantitative estimate of drug-likeness (QED) is 0.801. The second-order valence-corrected chi connectivity index (χ2v) is 8.11. The van der Waals surface area contributed by atoms with Gasteiger partial charge in [0.25, 0.3) is 0 Å². The lowest BCUT2D eigenvalue weighted by Gasteiger charge is -2.56. The lowest BCUT2D eigenvalue weighted by molar-refractivity contribution is -0.152. The van der Waals surface area contributed by atoms with Crippen molar-refractivity contribution in [1.82, 2.24) is 4.57 Å². The first-order valence-electron chi connectivity index (χ1n) is 8.83. The molecule has 0 radical (unpaired) electrons. The maximum Gasteiger partial charge on any atom is 0.355 e. The molecular formula is C19H25NO3. The van der Waals surface area contributed by atoms with Crippen molar-refractivity contribution >= 4 is 11.8 Å². The fourth-order valence-corrected chi connectivity index (χ4v) is 5.79. The third-order valence-corrected chi connectivity index (χ3v) is 6.37. The van der Waals surface area contributed by atoms with Crippen LogP contribution in [0.5, 0.6) is 0 Å². The Kier molecular flexibility index (Phi) is 3.40. The number of carbonyl (C=O) groups excluding carboxylic acids is 2. The van der Waals surface area contributed by atoms with Crippen LogP contribution >= 0.6 is 0 Å². The molecule has 23 heavy (non-hydrogen) atoms. The molecule has 0 aliphatic heterocycles. The van der Waals surface area contributed by atoms with E-state index in [2.05, 4.69) is 0 Å². The second kappa shape index (κ2) is 5.22. The molecule has 4 nitrogen and oxygen atoms in total. The third-order valence-electron chi connectivity index (χ3n) is 6.37. The van der Waals surface area contributed by atoms with E-state index in [-0.39, 0.29) is 11.2 Å². The molecule has 0 unspecified atom stereocenters. The highest BCUT2D eigenvalue weighted by Crippen LogP contribution is 2.60. The maximum absolute atomic E-state index is 13.1. The van der Waals surface area contributed by atoms with Gasteiger partial charge in [-0.05, 0) is 75.3 Å². The normalized spacial score (nSPS) is 36.0. The van der Waals surface area contributed by atoms with Gasteiger partial charge in [-0.2, -0.15) is 0 Å². The number of esters is 1. The van der Waals surface area contributed by atoms with Gasteiger partial charge < -0.3 is 9.30 Å². The van der Waals surface area contributed by atoms with Gasteiger partial charge in [-0.1, -0.05) is 0 Å². The van der Waals surface area contributed by atoms with E-state index in [9.17, 15) is 9.59 Å². The minimum atomic E-state index is -0.645. The van der Waals surface area contributed by atoms with E-state index < -0.39 is 12.1 Å². The fourth-order valence-electron chi connectivity index (χ4n) is 5.79. The van der Waals surface area contributed by atoms with Crippen LogP contribution in [0.15, 0.2) is 18.3 Å². The van der Waals surface area contributed by atoms with Crippen LogP contribution in [0.3, 0.4) is 0 Å². The molecule has 1 aromatic rings. The van der Waals surface area contributed by atoms with E-state index >= 15 is 0 Å². The Labute approximate surface area is 137 Å². The molecular weight excluding hydrogens is 290 g/mol. The Bertz CT molecular complexity index is 610. The van der Waals surface area contributed by atoms with Crippen molar-refractivity contribution in [3.8, 4) is 0 Å². The average Bonchev–Trinajstić information content (AvgIpc) is 2.91. The minimum absolute atomic E-state index is 0.166. The van der Waals surface area contributed by atoms with Crippen LogP contribution < -0.4 is 0 Å². The van der Waals surface area contributed by atoms with Gasteiger partial charge in [0.1, 0.15) is 5.69 Å². The largest absolute Gasteiger partial charge is 0.450 e. The Morgan fingerprint density at radius 2 is 1.74 bits per heavy atom. The summed E-state index contributed by atoms with van der Waals surface area (Å²) in [4.78, 5) is 25.4. The molecule has 0 saturated heterocycles. The number of aromatic nitrogens is 1. The van der Waals surface area contributed by atoms with E-state index in [1.54, 1.807) is 17.6 Å². The standard InChI is InChI=1S/C19H25NO3/c1-12(23-18(22)16-4-3-5-20(16)2)17(21)19-9-13-6-14(10-19)8-15(7-13)11-19/h3-5,12-15H,6-11H2,1-2H3/t12-,13?,14?,15?,19?/m1/s1. The Hall–Kier alpha value is -1.58. The molecule has 0 aromatic carbocycles. The third kappa shape index (κ3) is 2.43. The molecule has 0 amide bonds. The first-order chi connectivity index (χ1) is 11.0. The molecule has 4 bridgehead atoms. The zero-order valence-corrected chi connectivity index (χ0v) is 14.0. The highest BCUT2D eigenvalue weighted by atomic mass is 16.5. The summed E-state index contributed by atoms with van der Waals surface area (Å²) in [6.45, 7) is 1.75. The molecule has 4 aliphatic rings. The summed E-state index contributed by atoms with van der Waals surface area (Å²) in [5.74, 6) is 1.94. The summed E-state index contributed by atoms with van der Waals surface area (Å²) >= 11 is 0. The molecule has 1 atom stereocenters. The first kappa shape index (κ1) is 15.0. The summed E-state index contributed by atoms with van der Waals surface area (Å²) in [6.07, 6.45) is 8.14. The number of carbonyl (C=O) groups is 2. The van der Waals surface area contributed by atoms with Gasteiger partial charge in [-0.25, -0.2) is 4.79 Å². The SMILES string of the molecule is C[C@@H](OC(=O)c1cccn1C)C(=O)C12CC3CC(CC(C3)C1)C2. The fraction of sp³-hybridized carbons (Fsp3) is 0.684. The van der Waals surface area contributed by atoms with Crippen LogP contribution in [0.25, 0.3) is 0 Å².